The lowest BCUT2D eigenvalue weighted by Crippen LogP contribution is -2.48. The highest BCUT2D eigenvalue weighted by Crippen LogP contribution is 2.62. The van der Waals surface area contributed by atoms with Gasteiger partial charge in [0.2, 0.25) is 0 Å². The van der Waals surface area contributed by atoms with Crippen molar-refractivity contribution < 1.29 is 5.48 Å². The molecular formula is C18H19N. The van der Waals surface area contributed by atoms with Crippen LogP contribution in [-0.4, -0.2) is 4.98 Å². The van der Waals surface area contributed by atoms with Gasteiger partial charge in [0, 0.05) is 11.8 Å². The van der Waals surface area contributed by atoms with Crippen molar-refractivity contribution in [3.63, 3.8) is 0 Å². The summed E-state index contributed by atoms with van der Waals surface area (Å²) in [7, 11) is 0. The van der Waals surface area contributed by atoms with Crippen molar-refractivity contribution in [3.8, 4) is 11.3 Å². The Morgan fingerprint density at radius 1 is 1.32 bits per heavy atom. The van der Waals surface area contributed by atoms with Crippen molar-refractivity contribution in [2.24, 2.45) is 11.3 Å². The van der Waals surface area contributed by atoms with Crippen LogP contribution in [0.5, 0.6) is 0 Å². The first-order valence-electron chi connectivity index (χ1n) is 8.87. The average Bonchev–Trinajstić information content (AvgIpc) is 2.54. The number of hydrogen-bond donors (Lipinski definition) is 0. The third-order valence-electron chi connectivity index (χ3n) is 5.16. The van der Waals surface area contributed by atoms with Crippen LogP contribution in [0.1, 0.15) is 42.8 Å². The molecule has 3 aliphatic carbocycles. The van der Waals surface area contributed by atoms with Gasteiger partial charge in [0.1, 0.15) is 0 Å². The van der Waals surface area contributed by atoms with Crippen molar-refractivity contribution in [1.82, 2.24) is 4.98 Å². The van der Waals surface area contributed by atoms with E-state index >= 15 is 0 Å². The van der Waals surface area contributed by atoms with Crippen molar-refractivity contribution in [2.75, 3.05) is 0 Å². The summed E-state index contributed by atoms with van der Waals surface area (Å²) < 4.78 is 31.5. The molecule has 2 atom stereocenters. The lowest BCUT2D eigenvalue weighted by Gasteiger charge is -2.57. The quantitative estimate of drug-likeness (QED) is 0.732. The lowest BCUT2D eigenvalue weighted by molar-refractivity contribution is 0.0184. The topological polar surface area (TPSA) is 12.9 Å². The van der Waals surface area contributed by atoms with E-state index in [9.17, 15) is 0 Å². The smallest absolute Gasteiger partial charge is 0.0705 e. The number of hydrogen-bond acceptors (Lipinski definition) is 1. The number of aromatic nitrogens is 1. The second kappa shape index (κ2) is 3.69. The van der Waals surface area contributed by atoms with Crippen LogP contribution in [0.2, 0.25) is 0 Å². The van der Waals surface area contributed by atoms with E-state index in [-0.39, 0.29) is 24.2 Å². The number of benzene rings is 1. The molecule has 2 aromatic rings. The predicted octanol–water partition coefficient (Wildman–Crippen LogP) is 4.43. The van der Waals surface area contributed by atoms with Crippen LogP contribution >= 0.6 is 0 Å². The van der Waals surface area contributed by atoms with Crippen molar-refractivity contribution in [2.45, 2.75) is 32.6 Å². The fraction of sp³-hybridized carbons (Fsp3) is 0.389. The second-order valence-electron chi connectivity index (χ2n) is 6.36. The summed E-state index contributed by atoms with van der Waals surface area (Å²) in [6.07, 6.45) is 4.19. The highest BCUT2D eigenvalue weighted by Gasteiger charge is 2.52. The fourth-order valence-electron chi connectivity index (χ4n) is 3.71. The molecule has 5 rings (SSSR count). The van der Waals surface area contributed by atoms with Gasteiger partial charge >= 0.3 is 0 Å². The maximum atomic E-state index is 8.12. The molecule has 1 aromatic carbocycles. The van der Waals surface area contributed by atoms with Gasteiger partial charge in [-0.3, -0.25) is 4.98 Å². The lowest BCUT2D eigenvalue weighted by atomic mass is 9.47. The van der Waals surface area contributed by atoms with Gasteiger partial charge < -0.3 is 0 Å². The summed E-state index contributed by atoms with van der Waals surface area (Å²) >= 11 is 0. The molecule has 1 heterocycles. The Morgan fingerprint density at radius 3 is 3.05 bits per heavy atom. The monoisotopic (exact) mass is 253 g/mol. The zero-order valence-corrected chi connectivity index (χ0v) is 11.2. The van der Waals surface area contributed by atoms with Crippen LogP contribution in [0, 0.1) is 11.3 Å². The standard InChI is InChI=1S/C18H19N/c1-18(2)14-8-13-11-19-17(10-15(13)16(18)9-14)12-6-4-3-5-7-12/h3-7,10-11,14,16H,8-9H2,1-2H3/i3D,4D,5D,6D. The molecule has 0 N–H and O–H groups in total. The van der Waals surface area contributed by atoms with Crippen molar-refractivity contribution in [3.05, 3.63) is 53.6 Å². The minimum absolute atomic E-state index is 0.0139. The average molecular weight is 253 g/mol. The van der Waals surface area contributed by atoms with E-state index < -0.39 is 0 Å². The van der Waals surface area contributed by atoms with Gasteiger partial charge in [0.25, 0.3) is 0 Å². The largest absolute Gasteiger partial charge is 0.256 e. The van der Waals surface area contributed by atoms with Crippen LogP contribution in [0.4, 0.5) is 0 Å². The van der Waals surface area contributed by atoms with Gasteiger partial charge in [-0.2, -0.15) is 0 Å². The van der Waals surface area contributed by atoms with Crippen LogP contribution in [0.25, 0.3) is 11.3 Å². The summed E-state index contributed by atoms with van der Waals surface area (Å²) in [5.41, 5.74) is 4.07. The van der Waals surface area contributed by atoms with E-state index in [4.69, 9.17) is 5.48 Å². The van der Waals surface area contributed by atoms with E-state index in [2.05, 4.69) is 18.8 Å². The summed E-state index contributed by atoms with van der Waals surface area (Å²) in [4.78, 5) is 4.49. The van der Waals surface area contributed by atoms with Crippen LogP contribution < -0.4 is 0 Å². The molecule has 1 nitrogen and oxygen atoms in total. The molecule has 19 heavy (non-hydrogen) atoms. The normalized spacial score (nSPS) is 29.4. The van der Waals surface area contributed by atoms with E-state index in [1.165, 1.54) is 23.6 Å². The highest BCUT2D eigenvalue weighted by molar-refractivity contribution is 5.61. The van der Waals surface area contributed by atoms with E-state index in [0.29, 0.717) is 22.6 Å². The molecule has 1 fully saturated rings. The van der Waals surface area contributed by atoms with Crippen molar-refractivity contribution in [1.29, 1.82) is 0 Å². The van der Waals surface area contributed by atoms with Crippen molar-refractivity contribution >= 4 is 0 Å². The van der Waals surface area contributed by atoms with E-state index in [1.54, 1.807) is 0 Å². The Balaban J connectivity index is 1.86. The van der Waals surface area contributed by atoms with Crippen LogP contribution in [0.15, 0.2) is 42.5 Å². The maximum Gasteiger partial charge on any atom is 0.0705 e. The summed E-state index contributed by atoms with van der Waals surface area (Å²) in [6, 6.07) is 3.11. The molecule has 3 aliphatic rings. The third-order valence-corrected chi connectivity index (χ3v) is 5.16. The molecule has 0 radical (unpaired) electrons. The SMILES string of the molecule is [2H]c1cc(-c2cc3c(cn2)CC2CC3C2(C)C)c([2H])c([2H])c1[2H]. The predicted molar refractivity (Wildman–Crippen MR) is 78.0 cm³/mol. The van der Waals surface area contributed by atoms with Gasteiger partial charge in [-0.1, -0.05) is 44.1 Å². The van der Waals surface area contributed by atoms with Crippen LogP contribution in [-0.2, 0) is 6.42 Å². The summed E-state index contributed by atoms with van der Waals surface area (Å²) in [5.74, 6) is 1.27. The summed E-state index contributed by atoms with van der Waals surface area (Å²) in [6.45, 7) is 4.65. The third kappa shape index (κ3) is 1.51. The number of nitrogens with zero attached hydrogens (tertiary/aromatic N) is 1. The van der Waals surface area contributed by atoms with Crippen LogP contribution in [0.3, 0.4) is 0 Å². The van der Waals surface area contributed by atoms with Gasteiger partial charge in [-0.15, -0.1) is 0 Å². The highest BCUT2D eigenvalue weighted by atomic mass is 14.7. The van der Waals surface area contributed by atoms with Gasteiger partial charge in [-0.25, -0.2) is 0 Å². The minimum Gasteiger partial charge on any atom is -0.256 e. The Kier molecular flexibility index (Phi) is 1.52. The second-order valence-corrected chi connectivity index (χ2v) is 6.36. The minimum atomic E-state index is -0.198. The first-order valence-corrected chi connectivity index (χ1v) is 6.87. The number of pyridine rings is 1. The van der Waals surface area contributed by atoms with Gasteiger partial charge in [0.05, 0.1) is 11.2 Å². The van der Waals surface area contributed by atoms with Gasteiger partial charge in [0.15, 0.2) is 0 Å². The molecule has 1 saturated carbocycles. The Bertz CT molecular complexity index is 828. The molecule has 1 heteroatoms. The zero-order valence-electron chi connectivity index (χ0n) is 15.2. The Hall–Kier alpha value is -1.63. The summed E-state index contributed by atoms with van der Waals surface area (Å²) in [5, 5.41) is 0. The maximum absolute atomic E-state index is 8.12. The molecule has 0 saturated heterocycles. The molecule has 1 aromatic heterocycles. The first-order chi connectivity index (χ1) is 10.8. The molecular weight excluding hydrogens is 230 g/mol. The molecule has 2 bridgehead atoms. The molecule has 96 valence electrons. The molecule has 2 unspecified atom stereocenters. The number of rotatable bonds is 1. The molecule has 0 spiro atoms. The molecule has 0 aliphatic heterocycles. The first kappa shape index (κ1) is 7.84. The van der Waals surface area contributed by atoms with E-state index in [1.807, 2.05) is 12.3 Å². The van der Waals surface area contributed by atoms with E-state index in [0.717, 1.165) is 12.3 Å². The molecule has 0 amide bonds. The van der Waals surface area contributed by atoms with Gasteiger partial charge in [-0.05, 0) is 47.3 Å². The fourth-order valence-corrected chi connectivity index (χ4v) is 3.71. The Morgan fingerprint density at radius 2 is 2.21 bits per heavy atom. The Labute approximate surface area is 120 Å². The zero-order chi connectivity index (χ0) is 16.5.